The molecule has 7 heteroatoms. The number of carbonyl (C=O) groups excluding carboxylic acids is 1. The standard InChI is InChI=1S/C9H15ClO5S/c1-8(11)15-6-9(7-16(10,12)13)2-4-14-5-3-9/h2-7H2,1H3. The first-order valence-corrected chi connectivity index (χ1v) is 7.44. The molecule has 0 radical (unpaired) electrons. The predicted molar refractivity (Wildman–Crippen MR) is 58.8 cm³/mol. The summed E-state index contributed by atoms with van der Waals surface area (Å²) >= 11 is 0. The van der Waals surface area contributed by atoms with Gasteiger partial charge in [0.1, 0.15) is 0 Å². The van der Waals surface area contributed by atoms with Crippen LogP contribution in [-0.4, -0.2) is 40.0 Å². The predicted octanol–water partition coefficient (Wildman–Crippen LogP) is 0.915. The van der Waals surface area contributed by atoms with Gasteiger partial charge in [-0.3, -0.25) is 4.79 Å². The Kier molecular flexibility index (Phi) is 4.58. The van der Waals surface area contributed by atoms with Gasteiger partial charge in [0.25, 0.3) is 0 Å². The summed E-state index contributed by atoms with van der Waals surface area (Å²) < 4.78 is 32.3. The monoisotopic (exact) mass is 270 g/mol. The molecule has 0 saturated carbocycles. The van der Waals surface area contributed by atoms with Gasteiger partial charge in [-0.05, 0) is 12.8 Å². The molecular formula is C9H15ClO5S. The van der Waals surface area contributed by atoms with Crippen LogP contribution in [0.2, 0.25) is 0 Å². The quantitative estimate of drug-likeness (QED) is 0.561. The van der Waals surface area contributed by atoms with Gasteiger partial charge in [0.15, 0.2) is 0 Å². The molecule has 1 aliphatic rings. The van der Waals surface area contributed by atoms with Crippen LogP contribution < -0.4 is 0 Å². The number of carbonyl (C=O) groups is 1. The lowest BCUT2D eigenvalue weighted by atomic mass is 9.83. The smallest absolute Gasteiger partial charge is 0.302 e. The minimum Gasteiger partial charge on any atom is -0.465 e. The molecule has 0 N–H and O–H groups in total. The molecule has 0 spiro atoms. The van der Waals surface area contributed by atoms with Gasteiger partial charge in [0.2, 0.25) is 9.05 Å². The van der Waals surface area contributed by atoms with Crippen molar-refractivity contribution in [2.75, 3.05) is 25.6 Å². The van der Waals surface area contributed by atoms with Crippen molar-refractivity contribution in [3.05, 3.63) is 0 Å². The van der Waals surface area contributed by atoms with Crippen LogP contribution in [0.1, 0.15) is 19.8 Å². The summed E-state index contributed by atoms with van der Waals surface area (Å²) in [6.07, 6.45) is 1.07. The highest BCUT2D eigenvalue weighted by Crippen LogP contribution is 2.33. The van der Waals surface area contributed by atoms with Crippen molar-refractivity contribution in [1.29, 1.82) is 0 Å². The van der Waals surface area contributed by atoms with Crippen LogP contribution in [0.15, 0.2) is 0 Å². The lowest BCUT2D eigenvalue weighted by Crippen LogP contribution is -2.39. The van der Waals surface area contributed by atoms with Crippen LogP contribution in [0.4, 0.5) is 0 Å². The van der Waals surface area contributed by atoms with E-state index in [2.05, 4.69) is 0 Å². The summed E-state index contributed by atoms with van der Waals surface area (Å²) in [4.78, 5) is 10.8. The maximum atomic E-state index is 11.1. The second kappa shape index (κ2) is 5.33. The molecular weight excluding hydrogens is 256 g/mol. The SMILES string of the molecule is CC(=O)OCC1(CS(=O)(=O)Cl)CCOCC1. The van der Waals surface area contributed by atoms with Crippen molar-refractivity contribution < 1.29 is 22.7 Å². The Morgan fingerprint density at radius 1 is 1.44 bits per heavy atom. The van der Waals surface area contributed by atoms with E-state index in [1.54, 1.807) is 0 Å². The second-order valence-corrected chi connectivity index (χ2v) is 6.85. The molecule has 16 heavy (non-hydrogen) atoms. The van der Waals surface area contributed by atoms with Crippen LogP contribution in [0.3, 0.4) is 0 Å². The Balaban J connectivity index is 2.71. The third kappa shape index (κ3) is 4.67. The van der Waals surface area contributed by atoms with Crippen LogP contribution in [-0.2, 0) is 23.3 Å². The molecule has 1 rings (SSSR count). The Hall–Kier alpha value is -0.330. The fourth-order valence-corrected chi connectivity index (χ4v) is 3.55. The van der Waals surface area contributed by atoms with Crippen LogP contribution in [0.25, 0.3) is 0 Å². The zero-order valence-electron chi connectivity index (χ0n) is 9.07. The minimum atomic E-state index is -3.60. The highest BCUT2D eigenvalue weighted by atomic mass is 35.7. The second-order valence-electron chi connectivity index (χ2n) is 4.08. The molecule has 0 unspecified atom stereocenters. The van der Waals surface area contributed by atoms with E-state index in [1.807, 2.05) is 0 Å². The lowest BCUT2D eigenvalue weighted by molar-refractivity contribution is -0.146. The largest absolute Gasteiger partial charge is 0.465 e. The summed E-state index contributed by atoms with van der Waals surface area (Å²) in [6.45, 7) is 2.31. The average molecular weight is 271 g/mol. The van der Waals surface area contributed by atoms with Gasteiger partial charge in [-0.15, -0.1) is 0 Å². The first-order chi connectivity index (χ1) is 7.33. The Bertz CT molecular complexity index is 345. The first kappa shape index (κ1) is 13.7. The number of halogens is 1. The summed E-state index contributed by atoms with van der Waals surface area (Å²) in [5.41, 5.74) is -0.593. The Morgan fingerprint density at radius 3 is 2.44 bits per heavy atom. The summed E-state index contributed by atoms with van der Waals surface area (Å²) in [6, 6.07) is 0. The summed E-state index contributed by atoms with van der Waals surface area (Å²) in [5.74, 6) is -0.601. The molecule has 1 fully saturated rings. The van der Waals surface area contributed by atoms with Crippen molar-refractivity contribution in [2.24, 2.45) is 5.41 Å². The van der Waals surface area contributed by atoms with Gasteiger partial charge in [0.05, 0.1) is 12.4 Å². The summed E-state index contributed by atoms with van der Waals surface area (Å²) in [5, 5.41) is 0. The van der Waals surface area contributed by atoms with Gasteiger partial charge < -0.3 is 9.47 Å². The third-order valence-electron chi connectivity index (χ3n) is 2.61. The van der Waals surface area contributed by atoms with Crippen LogP contribution in [0.5, 0.6) is 0 Å². The van der Waals surface area contributed by atoms with Crippen molar-refractivity contribution in [3.63, 3.8) is 0 Å². The topological polar surface area (TPSA) is 69.7 Å². The first-order valence-electron chi connectivity index (χ1n) is 4.96. The lowest BCUT2D eigenvalue weighted by Gasteiger charge is -2.35. The molecule has 0 aromatic rings. The Morgan fingerprint density at radius 2 is 2.00 bits per heavy atom. The Labute approximate surface area is 99.5 Å². The van der Waals surface area contributed by atoms with Gasteiger partial charge in [-0.1, -0.05) is 0 Å². The number of hydrogen-bond acceptors (Lipinski definition) is 5. The van der Waals surface area contributed by atoms with E-state index in [1.165, 1.54) is 6.92 Å². The van der Waals surface area contributed by atoms with Crippen LogP contribution in [0, 0.1) is 5.41 Å². The van der Waals surface area contributed by atoms with Gasteiger partial charge in [0, 0.05) is 36.2 Å². The molecule has 0 amide bonds. The van der Waals surface area contributed by atoms with E-state index in [0.717, 1.165) is 0 Å². The molecule has 0 atom stereocenters. The minimum absolute atomic E-state index is 0.0810. The zero-order valence-corrected chi connectivity index (χ0v) is 10.6. The van der Waals surface area contributed by atoms with E-state index in [4.69, 9.17) is 20.2 Å². The molecule has 1 aliphatic heterocycles. The molecule has 1 saturated heterocycles. The summed E-state index contributed by atoms with van der Waals surface area (Å²) in [7, 11) is 1.66. The van der Waals surface area contributed by atoms with E-state index in [0.29, 0.717) is 26.1 Å². The molecule has 0 aliphatic carbocycles. The van der Waals surface area contributed by atoms with Crippen molar-refractivity contribution in [2.45, 2.75) is 19.8 Å². The number of esters is 1. The van der Waals surface area contributed by atoms with Crippen molar-refractivity contribution >= 4 is 25.7 Å². The van der Waals surface area contributed by atoms with E-state index < -0.39 is 20.4 Å². The van der Waals surface area contributed by atoms with E-state index >= 15 is 0 Å². The van der Waals surface area contributed by atoms with Crippen LogP contribution >= 0.6 is 10.7 Å². The molecule has 0 aromatic heterocycles. The molecule has 0 bridgehead atoms. The molecule has 0 aromatic carbocycles. The number of rotatable bonds is 4. The van der Waals surface area contributed by atoms with Gasteiger partial charge >= 0.3 is 5.97 Å². The van der Waals surface area contributed by atoms with Crippen molar-refractivity contribution in [1.82, 2.24) is 0 Å². The van der Waals surface area contributed by atoms with E-state index in [-0.39, 0.29) is 12.4 Å². The average Bonchev–Trinajstić information content (AvgIpc) is 2.14. The zero-order chi connectivity index (χ0) is 12.2. The maximum Gasteiger partial charge on any atom is 0.302 e. The number of hydrogen-bond donors (Lipinski definition) is 0. The maximum absolute atomic E-state index is 11.1. The fourth-order valence-electron chi connectivity index (χ4n) is 1.76. The molecule has 1 heterocycles. The third-order valence-corrected chi connectivity index (χ3v) is 3.90. The fraction of sp³-hybridized carbons (Fsp3) is 0.889. The highest BCUT2D eigenvalue weighted by Gasteiger charge is 2.37. The molecule has 5 nitrogen and oxygen atoms in total. The number of ether oxygens (including phenoxy) is 2. The van der Waals surface area contributed by atoms with Crippen molar-refractivity contribution in [3.8, 4) is 0 Å². The normalized spacial score (nSPS) is 20.4. The van der Waals surface area contributed by atoms with Gasteiger partial charge in [-0.25, -0.2) is 8.42 Å². The van der Waals surface area contributed by atoms with Gasteiger partial charge in [-0.2, -0.15) is 0 Å². The highest BCUT2D eigenvalue weighted by molar-refractivity contribution is 8.13. The van der Waals surface area contributed by atoms with E-state index in [9.17, 15) is 13.2 Å². The molecule has 94 valence electrons.